The quantitative estimate of drug-likeness (QED) is 0.676. The molecule has 3 N–H and O–H groups in total. The highest BCUT2D eigenvalue weighted by molar-refractivity contribution is 5.92. The number of hydrogen-bond acceptors (Lipinski definition) is 5. The number of amides is 1. The molecule has 6 heteroatoms. The lowest BCUT2D eigenvalue weighted by Gasteiger charge is -2.52. The van der Waals surface area contributed by atoms with E-state index >= 15 is 0 Å². The van der Waals surface area contributed by atoms with Gasteiger partial charge in [-0.15, -0.1) is 0 Å². The Morgan fingerprint density at radius 2 is 1.97 bits per heavy atom. The Labute approximate surface area is 183 Å². The number of fused-ring (bicyclic) bond motifs is 1. The third kappa shape index (κ3) is 4.55. The van der Waals surface area contributed by atoms with Crippen LogP contribution in [0.4, 0.5) is 5.69 Å². The number of likely N-dealkylation sites (tertiary alicyclic amines) is 1. The number of phenols is 1. The Morgan fingerprint density at radius 1 is 1.19 bits per heavy atom. The minimum atomic E-state index is -0.710. The van der Waals surface area contributed by atoms with Crippen LogP contribution < -0.4 is 10.1 Å². The van der Waals surface area contributed by atoms with Gasteiger partial charge in [0.25, 0.3) is 0 Å². The van der Waals surface area contributed by atoms with Crippen LogP contribution in [0, 0.1) is 12.8 Å². The predicted octanol–water partition coefficient (Wildman–Crippen LogP) is 4.02. The summed E-state index contributed by atoms with van der Waals surface area (Å²) in [4.78, 5) is 15.0. The number of aliphatic hydroxyl groups is 1. The number of rotatable bonds is 5. The van der Waals surface area contributed by atoms with E-state index in [1.165, 1.54) is 7.11 Å². The van der Waals surface area contributed by atoms with Gasteiger partial charge in [0.2, 0.25) is 5.91 Å². The molecule has 2 aromatic carbocycles. The molecule has 31 heavy (non-hydrogen) atoms. The molecule has 1 heterocycles. The molecule has 6 nitrogen and oxygen atoms in total. The third-order valence-corrected chi connectivity index (χ3v) is 6.90. The van der Waals surface area contributed by atoms with Crippen molar-refractivity contribution in [2.45, 2.75) is 50.7 Å². The molecule has 0 unspecified atom stereocenters. The zero-order valence-electron chi connectivity index (χ0n) is 18.3. The van der Waals surface area contributed by atoms with Crippen molar-refractivity contribution in [2.24, 2.45) is 5.92 Å². The first kappa shape index (κ1) is 21.7. The number of phenolic OH excluding ortho intramolecular Hbond substituents is 1. The lowest BCUT2D eigenvalue weighted by Crippen LogP contribution is -2.56. The maximum atomic E-state index is 12.9. The second-order valence-corrected chi connectivity index (χ2v) is 8.97. The van der Waals surface area contributed by atoms with Gasteiger partial charge in [-0.05, 0) is 56.0 Å². The first-order valence-electron chi connectivity index (χ1n) is 11.1. The van der Waals surface area contributed by atoms with E-state index in [0.717, 1.165) is 42.5 Å². The van der Waals surface area contributed by atoms with E-state index in [-0.39, 0.29) is 30.2 Å². The van der Waals surface area contributed by atoms with Crippen LogP contribution in [0.2, 0.25) is 0 Å². The fourth-order valence-corrected chi connectivity index (χ4v) is 5.26. The van der Waals surface area contributed by atoms with Crippen LogP contribution >= 0.6 is 0 Å². The average molecular weight is 425 g/mol. The van der Waals surface area contributed by atoms with Crippen LogP contribution in [-0.4, -0.2) is 46.8 Å². The minimum absolute atomic E-state index is 0.0384. The number of piperidine rings is 1. The van der Waals surface area contributed by atoms with Crippen molar-refractivity contribution in [3.05, 3.63) is 53.6 Å². The number of nitrogens with one attached hydrogen (secondary N) is 1. The maximum absolute atomic E-state index is 12.9. The summed E-state index contributed by atoms with van der Waals surface area (Å²) in [7, 11) is 1.53. The zero-order chi connectivity index (χ0) is 22.0. The van der Waals surface area contributed by atoms with E-state index in [4.69, 9.17) is 4.74 Å². The Hall–Kier alpha value is -2.57. The monoisotopic (exact) mass is 424 g/mol. The van der Waals surface area contributed by atoms with Crippen LogP contribution in [-0.2, 0) is 4.79 Å². The van der Waals surface area contributed by atoms with Crippen molar-refractivity contribution in [1.82, 2.24) is 4.90 Å². The van der Waals surface area contributed by atoms with Gasteiger partial charge in [0.1, 0.15) is 0 Å². The van der Waals surface area contributed by atoms with Crippen LogP contribution in [0.5, 0.6) is 11.5 Å². The molecule has 0 bridgehead atoms. The van der Waals surface area contributed by atoms with Crippen molar-refractivity contribution in [3.63, 3.8) is 0 Å². The highest BCUT2D eigenvalue weighted by atomic mass is 16.5. The SMILES string of the molecule is COc1cc([C@@H]2[C@@H]3CCCC[C@]3(O)CCN2CC(=O)Nc2ccc(C)cc2)ccc1O. The van der Waals surface area contributed by atoms with E-state index in [1.54, 1.807) is 6.07 Å². The topological polar surface area (TPSA) is 82.0 Å². The molecule has 166 valence electrons. The molecule has 1 aliphatic heterocycles. The summed E-state index contributed by atoms with van der Waals surface area (Å²) in [5, 5.41) is 24.5. The summed E-state index contributed by atoms with van der Waals surface area (Å²) in [5.41, 5.74) is 2.18. The number of hydrogen-bond donors (Lipinski definition) is 3. The van der Waals surface area contributed by atoms with Crippen molar-refractivity contribution in [1.29, 1.82) is 0 Å². The van der Waals surface area contributed by atoms with Gasteiger partial charge in [0.05, 0.1) is 19.3 Å². The molecule has 1 saturated heterocycles. The summed E-state index contributed by atoms with van der Waals surface area (Å²) in [6.07, 6.45) is 4.49. The highest BCUT2D eigenvalue weighted by Crippen LogP contribution is 2.50. The van der Waals surface area contributed by atoms with Gasteiger partial charge in [-0.1, -0.05) is 36.6 Å². The standard InChI is InChI=1S/C25H32N2O4/c1-17-6-9-19(10-7-17)26-23(29)16-27-14-13-25(30)12-4-3-5-20(25)24(27)18-8-11-21(28)22(15-18)31-2/h6-11,15,20,24,28,30H,3-5,12-14,16H2,1-2H3,(H,26,29)/t20-,24+,25-/m0/s1. The molecule has 1 aliphatic carbocycles. The molecule has 0 aromatic heterocycles. The number of nitrogens with zero attached hydrogens (tertiary/aromatic N) is 1. The first-order chi connectivity index (χ1) is 14.9. The number of benzene rings is 2. The Bertz CT molecular complexity index is 930. The number of methoxy groups -OCH3 is 1. The van der Waals surface area contributed by atoms with Gasteiger partial charge < -0.3 is 20.3 Å². The molecule has 0 spiro atoms. The van der Waals surface area contributed by atoms with Crippen LogP contribution in [0.25, 0.3) is 0 Å². The second kappa shape index (κ2) is 8.89. The summed E-state index contributed by atoms with van der Waals surface area (Å²) in [6.45, 7) is 2.90. The van der Waals surface area contributed by atoms with Gasteiger partial charge >= 0.3 is 0 Å². The lowest BCUT2D eigenvalue weighted by molar-refractivity contribution is -0.135. The maximum Gasteiger partial charge on any atom is 0.238 e. The number of aromatic hydroxyl groups is 1. The Kier molecular flexibility index (Phi) is 6.21. The molecule has 1 amide bonds. The van der Waals surface area contributed by atoms with Gasteiger partial charge in [-0.2, -0.15) is 0 Å². The first-order valence-corrected chi connectivity index (χ1v) is 11.1. The van der Waals surface area contributed by atoms with Crippen LogP contribution in [0.3, 0.4) is 0 Å². The molecular weight excluding hydrogens is 392 g/mol. The largest absolute Gasteiger partial charge is 0.504 e. The van der Waals surface area contributed by atoms with E-state index in [9.17, 15) is 15.0 Å². The molecule has 0 radical (unpaired) electrons. The molecular formula is C25H32N2O4. The molecule has 2 aliphatic rings. The molecule has 3 atom stereocenters. The summed E-state index contributed by atoms with van der Waals surface area (Å²) in [5.74, 6) is 0.466. The van der Waals surface area contributed by atoms with Gasteiger partial charge in [0, 0.05) is 24.2 Å². The lowest BCUT2D eigenvalue weighted by atomic mass is 9.66. The molecule has 2 aromatic rings. The van der Waals surface area contributed by atoms with Gasteiger partial charge in [-0.3, -0.25) is 9.69 Å². The van der Waals surface area contributed by atoms with Gasteiger partial charge in [-0.25, -0.2) is 0 Å². The van der Waals surface area contributed by atoms with E-state index < -0.39 is 5.60 Å². The zero-order valence-corrected chi connectivity index (χ0v) is 18.3. The van der Waals surface area contributed by atoms with E-state index in [1.807, 2.05) is 43.3 Å². The number of carbonyl (C=O) groups excluding carboxylic acids is 1. The van der Waals surface area contributed by atoms with E-state index in [2.05, 4.69) is 10.2 Å². The second-order valence-electron chi connectivity index (χ2n) is 8.97. The fraction of sp³-hybridized carbons (Fsp3) is 0.480. The number of aryl methyl sites for hydroxylation is 1. The Morgan fingerprint density at radius 3 is 2.71 bits per heavy atom. The normalized spacial score (nSPS) is 26.2. The molecule has 1 saturated carbocycles. The molecule has 2 fully saturated rings. The summed E-state index contributed by atoms with van der Waals surface area (Å²) in [6, 6.07) is 13.0. The molecule has 4 rings (SSSR count). The summed E-state index contributed by atoms with van der Waals surface area (Å²) < 4.78 is 5.33. The number of carbonyl (C=O) groups is 1. The van der Waals surface area contributed by atoms with Crippen LogP contribution in [0.15, 0.2) is 42.5 Å². The van der Waals surface area contributed by atoms with Crippen molar-refractivity contribution < 1.29 is 19.7 Å². The van der Waals surface area contributed by atoms with Crippen molar-refractivity contribution >= 4 is 11.6 Å². The van der Waals surface area contributed by atoms with Crippen molar-refractivity contribution in [2.75, 3.05) is 25.5 Å². The van der Waals surface area contributed by atoms with Crippen molar-refractivity contribution in [3.8, 4) is 11.5 Å². The highest BCUT2D eigenvalue weighted by Gasteiger charge is 2.49. The third-order valence-electron chi connectivity index (χ3n) is 6.90. The smallest absolute Gasteiger partial charge is 0.238 e. The van der Waals surface area contributed by atoms with Crippen LogP contribution in [0.1, 0.15) is 49.3 Å². The number of anilines is 1. The van der Waals surface area contributed by atoms with Gasteiger partial charge in [0.15, 0.2) is 11.5 Å². The van der Waals surface area contributed by atoms with E-state index in [0.29, 0.717) is 18.7 Å². The number of ether oxygens (including phenoxy) is 1. The predicted molar refractivity (Wildman–Crippen MR) is 120 cm³/mol. The summed E-state index contributed by atoms with van der Waals surface area (Å²) >= 11 is 0. The minimum Gasteiger partial charge on any atom is -0.504 e. The fourth-order valence-electron chi connectivity index (χ4n) is 5.26. The average Bonchev–Trinajstić information content (AvgIpc) is 2.76. The Balaban J connectivity index is 1.60.